The number of anilines is 1. The number of nitrogens with zero attached hydrogens (tertiary/aromatic N) is 1. The molecule has 0 aliphatic rings. The summed E-state index contributed by atoms with van der Waals surface area (Å²) >= 11 is 0. The Morgan fingerprint density at radius 2 is 1.40 bits per heavy atom. The van der Waals surface area contributed by atoms with Crippen molar-refractivity contribution in [1.29, 1.82) is 0 Å². The van der Waals surface area contributed by atoms with Crippen molar-refractivity contribution < 1.29 is 18.0 Å². The molecule has 0 unspecified atom stereocenters. The number of aromatic nitrogens is 1. The Balaban J connectivity index is 1.87. The molecule has 1 N–H and O–H groups in total. The largest absolute Gasteiger partial charge is 0.322 e. The molecule has 1 amide bonds. The highest BCUT2D eigenvalue weighted by molar-refractivity contribution is 7.90. The third-order valence-electron chi connectivity index (χ3n) is 6.08. The lowest BCUT2D eigenvalue weighted by molar-refractivity contribution is 0.0985. The van der Waals surface area contributed by atoms with Crippen LogP contribution in [0.4, 0.5) is 5.69 Å². The van der Waals surface area contributed by atoms with E-state index in [0.29, 0.717) is 33.1 Å². The van der Waals surface area contributed by atoms with Gasteiger partial charge in [-0.3, -0.25) is 9.59 Å². The number of Topliss-reactive ketones (excluding diaryl/α,β-unsaturated/α-hetero) is 1. The minimum Gasteiger partial charge on any atom is -0.322 e. The second-order valence-electron chi connectivity index (χ2n) is 8.30. The van der Waals surface area contributed by atoms with Gasteiger partial charge >= 0.3 is 0 Å². The van der Waals surface area contributed by atoms with Crippen molar-refractivity contribution >= 4 is 49.2 Å². The Kier molecular flexibility index (Phi) is 5.49. The molecule has 1 heterocycles. The van der Waals surface area contributed by atoms with Gasteiger partial charge in [0, 0.05) is 22.0 Å². The minimum absolute atomic E-state index is 0.132. The van der Waals surface area contributed by atoms with E-state index in [2.05, 4.69) is 5.32 Å². The first kappa shape index (κ1) is 22.6. The number of aryl methyl sites for hydroxylation is 1. The average molecular weight is 483 g/mol. The molecule has 4 aromatic carbocycles. The zero-order valence-electron chi connectivity index (χ0n) is 19.1. The van der Waals surface area contributed by atoms with Crippen LogP contribution in [0.25, 0.3) is 21.8 Å². The van der Waals surface area contributed by atoms with Gasteiger partial charge < -0.3 is 5.32 Å². The molecule has 5 rings (SSSR count). The van der Waals surface area contributed by atoms with Gasteiger partial charge in [0.25, 0.3) is 15.9 Å². The summed E-state index contributed by atoms with van der Waals surface area (Å²) < 4.78 is 29.0. The van der Waals surface area contributed by atoms with E-state index in [0.717, 1.165) is 0 Å². The van der Waals surface area contributed by atoms with Crippen LogP contribution in [0.2, 0.25) is 0 Å². The van der Waals surface area contributed by atoms with Gasteiger partial charge in [-0.15, -0.1) is 0 Å². The SMILES string of the molecule is CC(=O)c1cc2c3ccccc3n(S(=O)(=O)c3ccccc3)c2c(C)c1C(=O)Nc1ccccc1. The fourth-order valence-corrected chi connectivity index (χ4v) is 6.11. The highest BCUT2D eigenvalue weighted by Crippen LogP contribution is 2.37. The van der Waals surface area contributed by atoms with E-state index in [-0.39, 0.29) is 21.8 Å². The summed E-state index contributed by atoms with van der Waals surface area (Å²) in [5.41, 5.74) is 2.23. The number of carbonyl (C=O) groups is 2. The molecule has 0 saturated heterocycles. The smallest absolute Gasteiger partial charge is 0.268 e. The van der Waals surface area contributed by atoms with Crippen LogP contribution < -0.4 is 5.32 Å². The maximum Gasteiger partial charge on any atom is 0.268 e. The predicted octanol–water partition coefficient (Wildman–Crippen LogP) is 5.79. The zero-order valence-corrected chi connectivity index (χ0v) is 20.0. The molecule has 0 saturated carbocycles. The van der Waals surface area contributed by atoms with Crippen LogP contribution in [-0.2, 0) is 10.0 Å². The number of ketones is 1. The first-order valence-electron chi connectivity index (χ1n) is 11.1. The van der Waals surface area contributed by atoms with Gasteiger partial charge in [0.15, 0.2) is 5.78 Å². The van der Waals surface area contributed by atoms with E-state index >= 15 is 0 Å². The van der Waals surface area contributed by atoms with E-state index in [9.17, 15) is 18.0 Å². The van der Waals surface area contributed by atoms with Crippen molar-refractivity contribution in [3.05, 3.63) is 108 Å². The molecular formula is C28H22N2O4S. The molecule has 7 heteroatoms. The van der Waals surface area contributed by atoms with Crippen molar-refractivity contribution in [3.8, 4) is 0 Å². The normalized spacial score (nSPS) is 11.6. The van der Waals surface area contributed by atoms with E-state index in [4.69, 9.17) is 0 Å². The van der Waals surface area contributed by atoms with Crippen LogP contribution in [0.1, 0.15) is 33.2 Å². The monoisotopic (exact) mass is 482 g/mol. The Morgan fingerprint density at radius 3 is 2.06 bits per heavy atom. The fourth-order valence-electron chi connectivity index (χ4n) is 4.51. The number of nitrogens with one attached hydrogen (secondary N) is 1. The van der Waals surface area contributed by atoms with Crippen molar-refractivity contribution in [2.45, 2.75) is 18.7 Å². The molecule has 0 bridgehead atoms. The van der Waals surface area contributed by atoms with Crippen LogP contribution in [-0.4, -0.2) is 24.1 Å². The molecule has 0 aliphatic carbocycles. The van der Waals surface area contributed by atoms with E-state index in [1.54, 1.807) is 67.6 Å². The molecular weight excluding hydrogens is 460 g/mol. The summed E-state index contributed by atoms with van der Waals surface area (Å²) in [6.45, 7) is 3.09. The Hall–Kier alpha value is -4.23. The molecule has 0 fully saturated rings. The van der Waals surface area contributed by atoms with Crippen LogP contribution in [0.3, 0.4) is 0 Å². The summed E-state index contributed by atoms with van der Waals surface area (Å²) in [4.78, 5) is 26.2. The molecule has 0 aliphatic heterocycles. The van der Waals surface area contributed by atoms with Gasteiger partial charge in [0.1, 0.15) is 0 Å². The summed E-state index contributed by atoms with van der Waals surface area (Å²) in [7, 11) is -4.01. The van der Waals surface area contributed by atoms with Gasteiger partial charge in [-0.05, 0) is 55.8 Å². The van der Waals surface area contributed by atoms with Crippen molar-refractivity contribution in [2.75, 3.05) is 5.32 Å². The summed E-state index contributed by atoms with van der Waals surface area (Å²) in [5.74, 6) is -0.759. The lowest BCUT2D eigenvalue weighted by atomic mass is 9.95. The van der Waals surface area contributed by atoms with Crippen LogP contribution in [0.15, 0.2) is 95.9 Å². The van der Waals surface area contributed by atoms with Crippen LogP contribution in [0, 0.1) is 6.92 Å². The fraction of sp³-hybridized carbons (Fsp3) is 0.0714. The van der Waals surface area contributed by atoms with E-state index in [1.807, 2.05) is 18.2 Å². The van der Waals surface area contributed by atoms with E-state index < -0.39 is 15.9 Å². The average Bonchev–Trinajstić information content (AvgIpc) is 3.20. The Morgan fingerprint density at radius 1 is 0.800 bits per heavy atom. The van der Waals surface area contributed by atoms with Crippen molar-refractivity contribution in [2.24, 2.45) is 0 Å². The van der Waals surface area contributed by atoms with Crippen LogP contribution in [0.5, 0.6) is 0 Å². The highest BCUT2D eigenvalue weighted by atomic mass is 32.2. The summed E-state index contributed by atoms with van der Waals surface area (Å²) in [5, 5.41) is 4.11. The number of benzene rings is 4. The topological polar surface area (TPSA) is 85.2 Å². The van der Waals surface area contributed by atoms with Crippen LogP contribution >= 0.6 is 0 Å². The number of amides is 1. The van der Waals surface area contributed by atoms with Gasteiger partial charge in [0.2, 0.25) is 0 Å². The number of rotatable bonds is 5. The van der Waals surface area contributed by atoms with Gasteiger partial charge in [-0.2, -0.15) is 0 Å². The number of hydrogen-bond acceptors (Lipinski definition) is 4. The molecule has 0 radical (unpaired) electrons. The summed E-state index contributed by atoms with van der Waals surface area (Å²) in [6.07, 6.45) is 0. The maximum absolute atomic E-state index is 13.9. The predicted molar refractivity (Wildman–Crippen MR) is 138 cm³/mol. The van der Waals surface area contributed by atoms with E-state index in [1.165, 1.54) is 23.0 Å². The number of hydrogen-bond donors (Lipinski definition) is 1. The van der Waals surface area contributed by atoms with Gasteiger partial charge in [-0.1, -0.05) is 54.6 Å². The number of carbonyl (C=O) groups excluding carboxylic acids is 2. The molecule has 174 valence electrons. The maximum atomic E-state index is 13.9. The number of fused-ring (bicyclic) bond motifs is 3. The second-order valence-corrected chi connectivity index (χ2v) is 10.1. The molecule has 35 heavy (non-hydrogen) atoms. The molecule has 6 nitrogen and oxygen atoms in total. The highest BCUT2D eigenvalue weighted by Gasteiger charge is 2.28. The summed E-state index contributed by atoms with van der Waals surface area (Å²) in [6, 6.07) is 25.8. The quantitative estimate of drug-likeness (QED) is 0.321. The molecule has 1 aromatic heterocycles. The van der Waals surface area contributed by atoms with Crippen molar-refractivity contribution in [1.82, 2.24) is 3.97 Å². The Bertz CT molecular complexity index is 1720. The lowest BCUT2D eigenvalue weighted by Gasteiger charge is -2.15. The first-order chi connectivity index (χ1) is 16.8. The number of para-hydroxylation sites is 2. The molecule has 5 aromatic rings. The molecule has 0 spiro atoms. The van der Waals surface area contributed by atoms with Gasteiger partial charge in [0.05, 0.1) is 21.5 Å². The lowest BCUT2D eigenvalue weighted by Crippen LogP contribution is -2.19. The van der Waals surface area contributed by atoms with Crippen molar-refractivity contribution in [3.63, 3.8) is 0 Å². The van der Waals surface area contributed by atoms with Gasteiger partial charge in [-0.25, -0.2) is 12.4 Å². The third kappa shape index (κ3) is 3.70. The third-order valence-corrected chi connectivity index (χ3v) is 7.81. The molecule has 0 atom stereocenters. The zero-order chi connectivity index (χ0) is 24.7. The first-order valence-corrected chi connectivity index (χ1v) is 12.5. The second kappa shape index (κ2) is 8.52. The Labute approximate surface area is 202 Å². The standard InChI is InChI=1S/C28H22N2O4S/c1-18-26(28(32)29-20-11-5-3-6-12-20)23(19(2)31)17-24-22-15-9-10-16-25(22)30(27(18)24)35(33,34)21-13-7-4-8-14-21/h3-17H,1-2H3,(H,29,32). The minimum atomic E-state index is -4.01.